The number of benzene rings is 2. The summed E-state index contributed by atoms with van der Waals surface area (Å²) in [6.45, 7) is 5.18. The predicted molar refractivity (Wildman–Crippen MR) is 96.2 cm³/mol. The molecule has 0 saturated carbocycles. The van der Waals surface area contributed by atoms with Crippen LogP contribution in [-0.2, 0) is 13.0 Å². The van der Waals surface area contributed by atoms with E-state index in [1.807, 2.05) is 6.07 Å². The van der Waals surface area contributed by atoms with Gasteiger partial charge in [-0.3, -0.25) is 0 Å². The number of hydrogen-bond donors (Lipinski definition) is 0. The number of aryl methyl sites for hydroxylation is 2. The van der Waals surface area contributed by atoms with Crippen molar-refractivity contribution in [3.05, 3.63) is 53.1 Å². The Kier molecular flexibility index (Phi) is 5.92. The first-order valence-electron chi connectivity index (χ1n) is 7.62. The molecule has 2 aromatic carbocycles. The topological polar surface area (TPSA) is 12.5 Å². The number of hydrogen-bond acceptors (Lipinski definition) is 3. The molecule has 118 valence electrons. The first-order chi connectivity index (χ1) is 10.5. The van der Waals surface area contributed by atoms with E-state index in [1.165, 1.54) is 21.6 Å². The Morgan fingerprint density at radius 2 is 1.86 bits per heavy atom. The van der Waals surface area contributed by atoms with E-state index in [-0.39, 0.29) is 0 Å². The third-order valence-corrected chi connectivity index (χ3v) is 4.51. The van der Waals surface area contributed by atoms with Gasteiger partial charge in [-0.25, -0.2) is 0 Å². The maximum atomic E-state index is 6.15. The molecular weight excluding hydrogens is 290 g/mol. The van der Waals surface area contributed by atoms with Gasteiger partial charge in [-0.05, 0) is 69.1 Å². The maximum absolute atomic E-state index is 6.15. The highest BCUT2D eigenvalue weighted by Crippen LogP contribution is 2.30. The van der Waals surface area contributed by atoms with E-state index in [0.717, 1.165) is 24.5 Å². The molecule has 0 heterocycles. The van der Waals surface area contributed by atoms with Crippen molar-refractivity contribution in [2.45, 2.75) is 31.7 Å². The Hall–Kier alpha value is -1.45. The molecule has 0 spiro atoms. The van der Waals surface area contributed by atoms with Gasteiger partial charge in [0.25, 0.3) is 0 Å². The minimum atomic E-state index is 0.880. The van der Waals surface area contributed by atoms with Crippen LogP contribution in [0.3, 0.4) is 0 Å². The molecule has 0 aromatic heterocycles. The molecule has 0 fully saturated rings. The lowest BCUT2D eigenvalue weighted by molar-refractivity contribution is 0.388. The van der Waals surface area contributed by atoms with Crippen LogP contribution in [0.5, 0.6) is 11.5 Å². The van der Waals surface area contributed by atoms with E-state index in [9.17, 15) is 0 Å². The lowest BCUT2D eigenvalue weighted by Crippen LogP contribution is -2.11. The van der Waals surface area contributed by atoms with Gasteiger partial charge in [-0.2, -0.15) is 0 Å². The fourth-order valence-corrected chi connectivity index (χ4v) is 3.04. The molecule has 0 aliphatic rings. The lowest BCUT2D eigenvalue weighted by Gasteiger charge is -2.16. The molecule has 0 radical (unpaired) electrons. The Bertz CT molecular complexity index is 637. The van der Waals surface area contributed by atoms with Crippen molar-refractivity contribution in [2.24, 2.45) is 0 Å². The second kappa shape index (κ2) is 7.70. The van der Waals surface area contributed by atoms with E-state index in [1.54, 1.807) is 11.8 Å². The molecule has 3 heteroatoms. The molecule has 2 nitrogen and oxygen atoms in total. The van der Waals surface area contributed by atoms with Gasteiger partial charge in [0.2, 0.25) is 0 Å². The number of nitrogens with zero attached hydrogens (tertiary/aromatic N) is 1. The van der Waals surface area contributed by atoms with Gasteiger partial charge >= 0.3 is 0 Å². The molecule has 0 aliphatic heterocycles. The van der Waals surface area contributed by atoms with Crippen molar-refractivity contribution >= 4 is 11.8 Å². The molecule has 2 aromatic rings. The zero-order valence-corrected chi connectivity index (χ0v) is 15.0. The quantitative estimate of drug-likeness (QED) is 0.685. The minimum Gasteiger partial charge on any atom is -0.457 e. The fourth-order valence-electron chi connectivity index (χ4n) is 2.46. The van der Waals surface area contributed by atoms with Gasteiger partial charge in [0, 0.05) is 17.0 Å². The van der Waals surface area contributed by atoms with Gasteiger partial charge in [-0.1, -0.05) is 19.1 Å². The minimum absolute atomic E-state index is 0.880. The largest absolute Gasteiger partial charge is 0.457 e. The number of thioether (sulfide) groups is 1. The summed E-state index contributed by atoms with van der Waals surface area (Å²) in [5.74, 6) is 1.85. The Labute approximate surface area is 138 Å². The van der Waals surface area contributed by atoms with Gasteiger partial charge in [0.05, 0.1) is 0 Å². The molecule has 0 N–H and O–H groups in total. The molecule has 0 unspecified atom stereocenters. The van der Waals surface area contributed by atoms with Gasteiger partial charge in [0.15, 0.2) is 0 Å². The summed E-state index contributed by atoms with van der Waals surface area (Å²) in [6, 6.07) is 12.8. The van der Waals surface area contributed by atoms with Crippen LogP contribution in [-0.4, -0.2) is 25.3 Å². The Morgan fingerprint density at radius 1 is 1.09 bits per heavy atom. The fraction of sp³-hybridized carbons (Fsp3) is 0.368. The predicted octanol–water partition coefficient (Wildman–Crippen LogP) is 5.13. The first kappa shape index (κ1) is 16.9. The average molecular weight is 315 g/mol. The number of rotatable bonds is 6. The van der Waals surface area contributed by atoms with Crippen molar-refractivity contribution in [3.63, 3.8) is 0 Å². The summed E-state index contributed by atoms with van der Waals surface area (Å²) >= 11 is 1.76. The standard InChI is InChI=1S/C19H25NOS/c1-6-15-7-9-18(16(12-15)13-20(3)4)21-17-8-10-19(22-5)14(2)11-17/h7-12H,6,13H2,1-5H3. The summed E-state index contributed by atoms with van der Waals surface area (Å²) in [5.41, 5.74) is 3.83. The molecule has 0 aliphatic carbocycles. The third kappa shape index (κ3) is 4.28. The van der Waals surface area contributed by atoms with Crippen LogP contribution in [0.15, 0.2) is 41.3 Å². The summed E-state index contributed by atoms with van der Waals surface area (Å²) in [5, 5.41) is 0. The summed E-state index contributed by atoms with van der Waals surface area (Å²) < 4.78 is 6.15. The van der Waals surface area contributed by atoms with Gasteiger partial charge in [-0.15, -0.1) is 11.8 Å². The smallest absolute Gasteiger partial charge is 0.131 e. The maximum Gasteiger partial charge on any atom is 0.131 e. The molecule has 0 atom stereocenters. The SMILES string of the molecule is CCc1ccc(Oc2ccc(SC)c(C)c2)c(CN(C)C)c1. The van der Waals surface area contributed by atoms with E-state index in [0.29, 0.717) is 0 Å². The van der Waals surface area contributed by atoms with Crippen molar-refractivity contribution in [1.82, 2.24) is 4.90 Å². The zero-order valence-electron chi connectivity index (χ0n) is 14.1. The molecule has 22 heavy (non-hydrogen) atoms. The van der Waals surface area contributed by atoms with E-state index >= 15 is 0 Å². The molecular formula is C19H25NOS. The highest BCUT2D eigenvalue weighted by atomic mass is 32.2. The highest BCUT2D eigenvalue weighted by molar-refractivity contribution is 7.98. The van der Waals surface area contributed by atoms with Crippen LogP contribution >= 0.6 is 11.8 Å². The molecule has 0 saturated heterocycles. The highest BCUT2D eigenvalue weighted by Gasteiger charge is 2.08. The van der Waals surface area contributed by atoms with Crippen LogP contribution in [0, 0.1) is 6.92 Å². The Balaban J connectivity index is 2.29. The molecule has 0 amide bonds. The van der Waals surface area contributed by atoms with Crippen LogP contribution in [0.1, 0.15) is 23.6 Å². The lowest BCUT2D eigenvalue weighted by atomic mass is 10.1. The Morgan fingerprint density at radius 3 is 2.45 bits per heavy atom. The van der Waals surface area contributed by atoms with Crippen molar-refractivity contribution in [2.75, 3.05) is 20.4 Å². The van der Waals surface area contributed by atoms with E-state index in [4.69, 9.17) is 4.74 Å². The zero-order chi connectivity index (χ0) is 16.1. The summed E-state index contributed by atoms with van der Waals surface area (Å²) in [4.78, 5) is 3.46. The van der Waals surface area contributed by atoms with Crippen LogP contribution < -0.4 is 4.74 Å². The molecule has 0 bridgehead atoms. The van der Waals surface area contributed by atoms with Crippen molar-refractivity contribution in [1.29, 1.82) is 0 Å². The second-order valence-corrected chi connectivity index (χ2v) is 6.61. The summed E-state index contributed by atoms with van der Waals surface area (Å²) in [7, 11) is 4.17. The van der Waals surface area contributed by atoms with Gasteiger partial charge in [0.1, 0.15) is 11.5 Å². The van der Waals surface area contributed by atoms with Crippen molar-refractivity contribution < 1.29 is 4.74 Å². The summed E-state index contributed by atoms with van der Waals surface area (Å²) in [6.07, 6.45) is 3.14. The normalized spacial score (nSPS) is 11.0. The number of ether oxygens (including phenoxy) is 1. The monoisotopic (exact) mass is 315 g/mol. The van der Waals surface area contributed by atoms with Crippen LogP contribution in [0.2, 0.25) is 0 Å². The third-order valence-electron chi connectivity index (χ3n) is 3.61. The first-order valence-corrected chi connectivity index (χ1v) is 8.85. The molecule has 2 rings (SSSR count). The average Bonchev–Trinajstić information content (AvgIpc) is 2.48. The van der Waals surface area contributed by atoms with Gasteiger partial charge < -0.3 is 9.64 Å². The van der Waals surface area contributed by atoms with Crippen molar-refractivity contribution in [3.8, 4) is 11.5 Å². The van der Waals surface area contributed by atoms with E-state index < -0.39 is 0 Å². The second-order valence-electron chi connectivity index (χ2n) is 5.77. The van der Waals surface area contributed by atoms with E-state index in [2.05, 4.69) is 69.4 Å². The van der Waals surface area contributed by atoms with Crippen LogP contribution in [0.4, 0.5) is 0 Å². The van der Waals surface area contributed by atoms with Crippen LogP contribution in [0.25, 0.3) is 0 Å².